The minimum atomic E-state index is 0.0393. The zero-order chi connectivity index (χ0) is 11.0. The first-order valence-corrected chi connectivity index (χ1v) is 7.09. The van der Waals surface area contributed by atoms with Gasteiger partial charge in [-0.2, -0.15) is 0 Å². The predicted octanol–water partition coefficient (Wildman–Crippen LogP) is 3.88. The number of hydrogen-bond acceptors (Lipinski definition) is 3. The average Bonchev–Trinajstić information content (AvgIpc) is 2.74. The number of ketones is 1. The highest BCUT2D eigenvalue weighted by atomic mass is 79.9. The normalized spacial score (nSPS) is 25.8. The topological polar surface area (TPSA) is 26.3 Å². The maximum Gasteiger partial charge on any atom is 0.178 e. The van der Waals surface area contributed by atoms with Crippen molar-refractivity contribution in [2.24, 2.45) is 5.92 Å². The van der Waals surface area contributed by atoms with E-state index in [1.165, 1.54) is 11.3 Å². The molecule has 2 rings (SSSR count). The zero-order valence-electron chi connectivity index (χ0n) is 8.13. The molecule has 2 atom stereocenters. The molecule has 2 nitrogen and oxygen atoms in total. The van der Waals surface area contributed by atoms with Crippen molar-refractivity contribution in [3.63, 3.8) is 0 Å². The van der Waals surface area contributed by atoms with Crippen LogP contribution in [0.15, 0.2) is 14.3 Å². The summed E-state index contributed by atoms with van der Waals surface area (Å²) in [5, 5.41) is 0. The van der Waals surface area contributed by atoms with E-state index in [0.29, 0.717) is 6.61 Å². The summed E-state index contributed by atoms with van der Waals surface area (Å²) >= 11 is 8.25. The minimum absolute atomic E-state index is 0.0393. The molecule has 0 saturated carbocycles. The van der Waals surface area contributed by atoms with Gasteiger partial charge in [0.1, 0.15) is 0 Å². The summed E-state index contributed by atoms with van der Waals surface area (Å²) in [6.07, 6.45) is 1.05. The Morgan fingerprint density at radius 1 is 1.60 bits per heavy atom. The predicted molar refractivity (Wildman–Crippen MR) is 67.6 cm³/mol. The van der Waals surface area contributed by atoms with E-state index in [1.807, 2.05) is 13.0 Å². The highest BCUT2D eigenvalue weighted by Gasteiger charge is 2.30. The van der Waals surface area contributed by atoms with Crippen LogP contribution in [0.1, 0.15) is 23.0 Å². The number of halogens is 2. The Kier molecular flexibility index (Phi) is 3.65. The molecular weight excluding hydrogens is 344 g/mol. The zero-order valence-corrected chi connectivity index (χ0v) is 12.1. The molecule has 0 bridgehead atoms. The molecule has 1 aromatic rings. The first kappa shape index (κ1) is 11.8. The summed E-state index contributed by atoms with van der Waals surface area (Å²) in [5.74, 6) is 0.244. The molecule has 1 fully saturated rings. The Balaban J connectivity index is 2.14. The van der Waals surface area contributed by atoms with Crippen LogP contribution in [-0.2, 0) is 4.74 Å². The molecule has 82 valence electrons. The van der Waals surface area contributed by atoms with Crippen molar-refractivity contribution in [1.82, 2.24) is 0 Å². The highest BCUT2D eigenvalue weighted by Crippen LogP contribution is 2.35. The van der Waals surface area contributed by atoms with Crippen LogP contribution in [-0.4, -0.2) is 18.5 Å². The van der Waals surface area contributed by atoms with E-state index in [2.05, 4.69) is 31.9 Å². The number of hydrogen-bond donors (Lipinski definition) is 0. The summed E-state index contributed by atoms with van der Waals surface area (Å²) in [6.45, 7) is 2.57. The van der Waals surface area contributed by atoms with Gasteiger partial charge in [0.25, 0.3) is 0 Å². The minimum Gasteiger partial charge on any atom is -0.378 e. The number of rotatable bonds is 2. The monoisotopic (exact) mass is 352 g/mol. The molecule has 2 heterocycles. The van der Waals surface area contributed by atoms with Crippen LogP contribution < -0.4 is 0 Å². The molecule has 0 aromatic carbocycles. The van der Waals surface area contributed by atoms with Crippen LogP contribution in [0.3, 0.4) is 0 Å². The van der Waals surface area contributed by atoms with E-state index in [9.17, 15) is 4.79 Å². The maximum atomic E-state index is 12.0. The van der Waals surface area contributed by atoms with Crippen molar-refractivity contribution in [2.45, 2.75) is 19.4 Å². The van der Waals surface area contributed by atoms with Crippen molar-refractivity contribution in [2.75, 3.05) is 6.61 Å². The second kappa shape index (κ2) is 4.65. The third-order valence-corrected chi connectivity index (χ3v) is 5.73. The number of ether oxygens (including phenoxy) is 1. The molecule has 15 heavy (non-hydrogen) atoms. The van der Waals surface area contributed by atoms with Gasteiger partial charge in [-0.25, -0.2) is 0 Å². The van der Waals surface area contributed by atoms with Crippen LogP contribution in [0.2, 0.25) is 0 Å². The fourth-order valence-corrected chi connectivity index (χ4v) is 3.72. The van der Waals surface area contributed by atoms with Crippen molar-refractivity contribution >= 4 is 49.0 Å². The van der Waals surface area contributed by atoms with E-state index in [-0.39, 0.29) is 17.8 Å². The van der Waals surface area contributed by atoms with E-state index < -0.39 is 0 Å². The van der Waals surface area contributed by atoms with E-state index in [0.717, 1.165) is 19.6 Å². The smallest absolute Gasteiger partial charge is 0.178 e. The lowest BCUT2D eigenvalue weighted by Gasteiger charge is -2.03. The first-order chi connectivity index (χ1) is 7.08. The fraction of sp³-hybridized carbons (Fsp3) is 0.500. The van der Waals surface area contributed by atoms with Gasteiger partial charge in [0.05, 0.1) is 21.4 Å². The summed E-state index contributed by atoms with van der Waals surface area (Å²) in [7, 11) is 0. The lowest BCUT2D eigenvalue weighted by Crippen LogP contribution is -2.13. The molecular formula is C10H10Br2O2S. The third kappa shape index (κ3) is 2.52. The van der Waals surface area contributed by atoms with Gasteiger partial charge in [-0.15, -0.1) is 11.3 Å². The van der Waals surface area contributed by atoms with Gasteiger partial charge >= 0.3 is 0 Å². The van der Waals surface area contributed by atoms with Crippen LogP contribution in [0.25, 0.3) is 0 Å². The molecule has 0 radical (unpaired) electrons. The molecule has 1 aromatic heterocycles. The Morgan fingerprint density at radius 3 is 2.80 bits per heavy atom. The van der Waals surface area contributed by atoms with Crippen molar-refractivity contribution in [1.29, 1.82) is 0 Å². The Morgan fingerprint density at radius 2 is 2.33 bits per heavy atom. The van der Waals surface area contributed by atoms with E-state index in [4.69, 9.17) is 4.74 Å². The molecule has 5 heteroatoms. The molecule has 1 aliphatic heterocycles. The van der Waals surface area contributed by atoms with E-state index in [1.54, 1.807) is 0 Å². The molecule has 0 amide bonds. The van der Waals surface area contributed by atoms with E-state index >= 15 is 0 Å². The Labute approximate surface area is 109 Å². The summed E-state index contributed by atoms with van der Waals surface area (Å²) in [4.78, 5) is 12.8. The van der Waals surface area contributed by atoms with Crippen LogP contribution in [0.5, 0.6) is 0 Å². The number of thiophene rings is 1. The first-order valence-electron chi connectivity index (χ1n) is 4.68. The van der Waals surface area contributed by atoms with Gasteiger partial charge < -0.3 is 4.74 Å². The summed E-state index contributed by atoms with van der Waals surface area (Å²) in [5.41, 5.74) is 0. The number of carbonyl (C=O) groups is 1. The van der Waals surface area contributed by atoms with Crippen molar-refractivity contribution in [3.05, 3.63) is 19.2 Å². The molecule has 0 spiro atoms. The van der Waals surface area contributed by atoms with Crippen molar-refractivity contribution in [3.8, 4) is 0 Å². The standard InChI is InChI=1S/C10H10Br2O2S/c1-5-2-6(4-14-5)9(13)8-3-7(11)10(12)15-8/h3,5-6H,2,4H2,1H3. The SMILES string of the molecule is CC1CC(C(=O)c2cc(Br)c(Br)s2)CO1. The van der Waals surface area contributed by atoms with Gasteiger partial charge in [0, 0.05) is 10.4 Å². The van der Waals surface area contributed by atoms with Crippen molar-refractivity contribution < 1.29 is 9.53 Å². The quantitative estimate of drug-likeness (QED) is 0.754. The molecule has 1 saturated heterocycles. The number of carbonyl (C=O) groups excluding carboxylic acids is 1. The van der Waals surface area contributed by atoms with Gasteiger partial charge in [-0.1, -0.05) is 0 Å². The largest absolute Gasteiger partial charge is 0.378 e. The van der Waals surface area contributed by atoms with Gasteiger partial charge in [-0.05, 0) is 51.3 Å². The van der Waals surface area contributed by atoms with Gasteiger partial charge in [0.15, 0.2) is 5.78 Å². The maximum absolute atomic E-state index is 12.0. The molecule has 2 unspecified atom stereocenters. The Hall–Kier alpha value is 0.290. The van der Waals surface area contributed by atoms with Gasteiger partial charge in [0.2, 0.25) is 0 Å². The summed E-state index contributed by atoms with van der Waals surface area (Å²) in [6, 6.07) is 1.88. The Bertz CT molecular complexity index is 369. The molecule has 1 aliphatic rings. The van der Waals surface area contributed by atoms with Crippen LogP contribution in [0.4, 0.5) is 0 Å². The molecule has 0 N–H and O–H groups in total. The summed E-state index contributed by atoms with van der Waals surface area (Å²) < 4.78 is 7.32. The van der Waals surface area contributed by atoms with Gasteiger partial charge in [-0.3, -0.25) is 4.79 Å². The third-order valence-electron chi connectivity index (χ3n) is 2.46. The second-order valence-corrected chi connectivity index (χ2v) is 6.90. The van der Waals surface area contributed by atoms with Crippen LogP contribution in [0, 0.1) is 5.92 Å². The van der Waals surface area contributed by atoms with Crippen LogP contribution >= 0.6 is 43.2 Å². The highest BCUT2D eigenvalue weighted by molar-refractivity contribution is 9.13. The lowest BCUT2D eigenvalue weighted by molar-refractivity contribution is 0.0881. The lowest BCUT2D eigenvalue weighted by atomic mass is 10.0. The fourth-order valence-electron chi connectivity index (χ4n) is 1.67. The molecule has 0 aliphatic carbocycles. The number of Topliss-reactive ketones (excluding diaryl/α,β-unsaturated/α-hetero) is 1. The second-order valence-electron chi connectivity index (χ2n) is 3.67. The average molecular weight is 354 g/mol.